The molecule has 110 valence electrons. The van der Waals surface area contributed by atoms with E-state index in [1.807, 2.05) is 0 Å². The van der Waals surface area contributed by atoms with Crippen molar-refractivity contribution in [2.75, 3.05) is 5.73 Å². The summed E-state index contributed by atoms with van der Waals surface area (Å²) in [5.74, 6) is -1.41. The molecule has 5 nitrogen and oxygen atoms in total. The lowest BCUT2D eigenvalue weighted by Gasteiger charge is -2.38. The summed E-state index contributed by atoms with van der Waals surface area (Å²) >= 11 is 5.85. The van der Waals surface area contributed by atoms with E-state index >= 15 is 0 Å². The Hall–Kier alpha value is -1.75. The molecule has 0 aromatic heterocycles. The van der Waals surface area contributed by atoms with Crippen LogP contribution in [0.25, 0.3) is 0 Å². The highest BCUT2D eigenvalue weighted by molar-refractivity contribution is 6.31. The summed E-state index contributed by atoms with van der Waals surface area (Å²) in [6.07, 6.45) is 0. The van der Waals surface area contributed by atoms with Crippen LogP contribution in [0, 0.1) is 5.41 Å². The van der Waals surface area contributed by atoms with Gasteiger partial charge in [0.2, 0.25) is 0 Å². The first-order valence-electron chi connectivity index (χ1n) is 6.09. The fourth-order valence-electron chi connectivity index (χ4n) is 1.52. The van der Waals surface area contributed by atoms with Crippen LogP contribution in [0.1, 0.15) is 38.1 Å². The van der Waals surface area contributed by atoms with Gasteiger partial charge in [-0.15, -0.1) is 0 Å². The van der Waals surface area contributed by atoms with Crippen LogP contribution in [0.4, 0.5) is 5.69 Å². The number of amides is 1. The summed E-state index contributed by atoms with van der Waals surface area (Å²) < 4.78 is 0. The second kappa shape index (κ2) is 5.32. The van der Waals surface area contributed by atoms with Crippen molar-refractivity contribution in [3.8, 4) is 0 Å². The molecule has 0 aliphatic carbocycles. The van der Waals surface area contributed by atoms with Crippen LogP contribution in [0.5, 0.6) is 0 Å². The third-order valence-corrected chi connectivity index (χ3v) is 3.92. The highest BCUT2D eigenvalue weighted by Crippen LogP contribution is 2.31. The molecule has 1 amide bonds. The Balaban J connectivity index is 3.03. The number of carbonyl (C=O) groups is 2. The Bertz CT molecular complexity index is 533. The van der Waals surface area contributed by atoms with Crippen LogP contribution in [0.15, 0.2) is 18.2 Å². The number of carboxylic acid groups (broad SMARTS) is 1. The lowest BCUT2D eigenvalue weighted by molar-refractivity contribution is -0.150. The predicted molar refractivity (Wildman–Crippen MR) is 78.8 cm³/mol. The van der Waals surface area contributed by atoms with E-state index in [9.17, 15) is 14.7 Å². The maximum Gasteiger partial charge on any atom is 0.311 e. The van der Waals surface area contributed by atoms with Gasteiger partial charge in [0.05, 0.1) is 11.0 Å². The van der Waals surface area contributed by atoms with E-state index in [1.54, 1.807) is 27.7 Å². The monoisotopic (exact) mass is 298 g/mol. The van der Waals surface area contributed by atoms with E-state index in [2.05, 4.69) is 5.32 Å². The molecule has 0 bridgehead atoms. The Labute approximate surface area is 123 Å². The van der Waals surface area contributed by atoms with Crippen molar-refractivity contribution in [1.82, 2.24) is 5.32 Å². The van der Waals surface area contributed by atoms with Gasteiger partial charge < -0.3 is 16.2 Å². The van der Waals surface area contributed by atoms with Crippen LogP contribution in [-0.4, -0.2) is 22.5 Å². The zero-order valence-electron chi connectivity index (χ0n) is 12.0. The molecule has 0 aliphatic heterocycles. The first-order chi connectivity index (χ1) is 8.97. The number of hydrogen-bond acceptors (Lipinski definition) is 3. The molecule has 1 rings (SSSR count). The van der Waals surface area contributed by atoms with Gasteiger partial charge in [-0.25, -0.2) is 0 Å². The number of nitrogens with one attached hydrogen (secondary N) is 1. The average molecular weight is 299 g/mol. The summed E-state index contributed by atoms with van der Waals surface area (Å²) in [6, 6.07) is 4.51. The zero-order valence-corrected chi connectivity index (χ0v) is 12.7. The highest BCUT2D eigenvalue weighted by Gasteiger charge is 2.44. The molecule has 1 aromatic carbocycles. The summed E-state index contributed by atoms with van der Waals surface area (Å²) in [5.41, 5.74) is 4.22. The number of halogens is 1. The van der Waals surface area contributed by atoms with Crippen LogP contribution < -0.4 is 11.1 Å². The molecule has 6 heteroatoms. The normalized spacial score (nSPS) is 12.1. The van der Waals surface area contributed by atoms with Crippen molar-refractivity contribution in [3.63, 3.8) is 0 Å². The number of carboxylic acids is 1. The molecule has 0 heterocycles. The molecule has 0 saturated heterocycles. The summed E-state index contributed by atoms with van der Waals surface area (Å²) in [5, 5.41) is 12.3. The molecule has 0 saturated carbocycles. The lowest BCUT2D eigenvalue weighted by atomic mass is 9.74. The number of aliphatic carboxylic acids is 1. The Morgan fingerprint density at radius 3 is 2.20 bits per heavy atom. The van der Waals surface area contributed by atoms with Crippen molar-refractivity contribution in [2.45, 2.75) is 33.2 Å². The van der Waals surface area contributed by atoms with Gasteiger partial charge in [0, 0.05) is 16.3 Å². The first-order valence-corrected chi connectivity index (χ1v) is 6.47. The lowest BCUT2D eigenvalue weighted by Crippen LogP contribution is -2.56. The van der Waals surface area contributed by atoms with Gasteiger partial charge in [0.25, 0.3) is 5.91 Å². The average Bonchev–Trinajstić information content (AvgIpc) is 2.26. The van der Waals surface area contributed by atoms with E-state index in [0.717, 1.165) is 0 Å². The standard InChI is InChI=1S/C14H19ClN2O3/c1-13(2,12(19)20)14(3,4)17-11(18)8-5-9(15)7-10(16)6-8/h5-7H,16H2,1-4H3,(H,17,18)(H,19,20). The quantitative estimate of drug-likeness (QED) is 0.745. The van der Waals surface area contributed by atoms with Gasteiger partial charge in [0.15, 0.2) is 0 Å². The van der Waals surface area contributed by atoms with Crippen molar-refractivity contribution in [2.24, 2.45) is 5.41 Å². The van der Waals surface area contributed by atoms with Gasteiger partial charge in [0.1, 0.15) is 0 Å². The van der Waals surface area contributed by atoms with Crippen LogP contribution in [0.2, 0.25) is 5.02 Å². The summed E-state index contributed by atoms with van der Waals surface area (Å²) in [7, 11) is 0. The second-order valence-electron chi connectivity index (χ2n) is 5.78. The minimum absolute atomic E-state index is 0.296. The number of anilines is 1. The number of carbonyl (C=O) groups excluding carboxylic acids is 1. The van der Waals surface area contributed by atoms with E-state index in [-0.39, 0.29) is 0 Å². The van der Waals surface area contributed by atoms with Crippen molar-refractivity contribution >= 4 is 29.2 Å². The third kappa shape index (κ3) is 3.22. The minimum Gasteiger partial charge on any atom is -0.481 e. The number of benzene rings is 1. The maximum absolute atomic E-state index is 12.2. The van der Waals surface area contributed by atoms with E-state index in [0.29, 0.717) is 16.3 Å². The third-order valence-electron chi connectivity index (χ3n) is 3.71. The summed E-state index contributed by atoms with van der Waals surface area (Å²) in [6.45, 7) is 6.43. The van der Waals surface area contributed by atoms with Crippen LogP contribution in [0.3, 0.4) is 0 Å². The largest absolute Gasteiger partial charge is 0.481 e. The van der Waals surface area contributed by atoms with Gasteiger partial charge in [-0.3, -0.25) is 9.59 Å². The molecular formula is C14H19ClN2O3. The summed E-state index contributed by atoms with van der Waals surface area (Å²) in [4.78, 5) is 23.5. The number of hydrogen-bond donors (Lipinski definition) is 3. The predicted octanol–water partition coefficient (Wildman–Crippen LogP) is 2.54. The molecule has 0 fully saturated rings. The van der Waals surface area contributed by atoms with E-state index in [4.69, 9.17) is 17.3 Å². The SMILES string of the molecule is CC(C)(NC(=O)c1cc(N)cc(Cl)c1)C(C)(C)C(=O)O. The zero-order chi connectivity index (χ0) is 15.7. The fraction of sp³-hybridized carbons (Fsp3) is 0.429. The first kappa shape index (κ1) is 16.3. The smallest absolute Gasteiger partial charge is 0.311 e. The van der Waals surface area contributed by atoms with E-state index in [1.165, 1.54) is 18.2 Å². The minimum atomic E-state index is -1.13. The number of nitrogens with two attached hydrogens (primary N) is 1. The molecule has 0 unspecified atom stereocenters. The van der Waals surface area contributed by atoms with Crippen molar-refractivity contribution < 1.29 is 14.7 Å². The Kier molecular flexibility index (Phi) is 4.34. The highest BCUT2D eigenvalue weighted by atomic mass is 35.5. The van der Waals surface area contributed by atoms with Gasteiger partial charge in [-0.2, -0.15) is 0 Å². The second-order valence-corrected chi connectivity index (χ2v) is 6.22. The van der Waals surface area contributed by atoms with Crippen LogP contribution >= 0.6 is 11.6 Å². The molecule has 0 atom stereocenters. The molecular weight excluding hydrogens is 280 g/mol. The topological polar surface area (TPSA) is 92.4 Å². The maximum atomic E-state index is 12.2. The van der Waals surface area contributed by atoms with Crippen LogP contribution in [-0.2, 0) is 4.79 Å². The molecule has 20 heavy (non-hydrogen) atoms. The van der Waals surface area contributed by atoms with E-state index < -0.39 is 22.8 Å². The van der Waals surface area contributed by atoms with Gasteiger partial charge >= 0.3 is 5.97 Å². The number of nitrogen functional groups attached to an aromatic ring is 1. The molecule has 0 radical (unpaired) electrons. The van der Waals surface area contributed by atoms with Gasteiger partial charge in [-0.1, -0.05) is 11.6 Å². The fourth-order valence-corrected chi connectivity index (χ4v) is 1.77. The molecule has 4 N–H and O–H groups in total. The molecule has 1 aromatic rings. The van der Waals surface area contributed by atoms with Crippen molar-refractivity contribution in [1.29, 1.82) is 0 Å². The molecule has 0 aliphatic rings. The van der Waals surface area contributed by atoms with Gasteiger partial charge in [-0.05, 0) is 45.9 Å². The Morgan fingerprint density at radius 2 is 1.75 bits per heavy atom. The number of rotatable bonds is 4. The molecule has 0 spiro atoms. The Morgan fingerprint density at radius 1 is 1.20 bits per heavy atom. The van der Waals surface area contributed by atoms with Crippen molar-refractivity contribution in [3.05, 3.63) is 28.8 Å².